The Morgan fingerprint density at radius 3 is 2.68 bits per heavy atom. The van der Waals surface area contributed by atoms with Crippen molar-refractivity contribution in [3.63, 3.8) is 0 Å². The summed E-state index contributed by atoms with van der Waals surface area (Å²) in [7, 11) is 1.65. The van der Waals surface area contributed by atoms with E-state index in [1.165, 1.54) is 37.6 Å². The molecule has 1 amide bonds. The van der Waals surface area contributed by atoms with Crippen LogP contribution in [0.5, 0.6) is 5.75 Å². The highest BCUT2D eigenvalue weighted by Gasteiger charge is 2.34. The molecule has 5 nitrogen and oxygen atoms in total. The number of benzene rings is 2. The number of carbonyl (C=O) groups excluding carboxylic acids is 1. The van der Waals surface area contributed by atoms with Gasteiger partial charge in [-0.15, -0.1) is 0 Å². The summed E-state index contributed by atoms with van der Waals surface area (Å²) in [6, 6.07) is 16.1. The monoisotopic (exact) mass is 419 g/mol. The van der Waals surface area contributed by atoms with Gasteiger partial charge in [-0.05, 0) is 30.7 Å². The highest BCUT2D eigenvalue weighted by molar-refractivity contribution is 5.96. The summed E-state index contributed by atoms with van der Waals surface area (Å²) in [5, 5.41) is 0. The van der Waals surface area contributed by atoms with Crippen LogP contribution >= 0.6 is 0 Å². The van der Waals surface area contributed by atoms with Gasteiger partial charge in [0.15, 0.2) is 0 Å². The minimum absolute atomic E-state index is 0.103. The van der Waals surface area contributed by atoms with Crippen molar-refractivity contribution < 1.29 is 9.53 Å². The Morgan fingerprint density at radius 1 is 1.03 bits per heavy atom. The third-order valence-electron chi connectivity index (χ3n) is 6.27. The fraction of sp³-hybridized carbons (Fsp3) is 0.462. The molecule has 1 atom stereocenters. The van der Waals surface area contributed by atoms with Crippen LogP contribution in [0.4, 0.5) is 5.69 Å². The maximum Gasteiger partial charge on any atom is 0.227 e. The highest BCUT2D eigenvalue weighted by Crippen LogP contribution is 2.34. The van der Waals surface area contributed by atoms with E-state index in [4.69, 9.17) is 9.72 Å². The van der Waals surface area contributed by atoms with Crippen molar-refractivity contribution in [3.8, 4) is 5.75 Å². The SMILES string of the molecule is CCCCCCCCn1c(C2CC(=O)N(c3cccc(OC)c3)C2)nc2ccccc21. The van der Waals surface area contributed by atoms with Gasteiger partial charge in [-0.2, -0.15) is 0 Å². The van der Waals surface area contributed by atoms with Crippen LogP contribution in [0.3, 0.4) is 0 Å². The van der Waals surface area contributed by atoms with Crippen LogP contribution in [0.25, 0.3) is 11.0 Å². The fourth-order valence-corrected chi connectivity index (χ4v) is 4.60. The first-order chi connectivity index (χ1) is 15.2. The van der Waals surface area contributed by atoms with E-state index in [0.29, 0.717) is 13.0 Å². The molecule has 0 N–H and O–H groups in total. The quantitative estimate of drug-likeness (QED) is 0.383. The van der Waals surface area contributed by atoms with Gasteiger partial charge in [-0.1, -0.05) is 57.2 Å². The molecule has 0 saturated carbocycles. The van der Waals surface area contributed by atoms with Crippen molar-refractivity contribution in [2.24, 2.45) is 0 Å². The van der Waals surface area contributed by atoms with Crippen molar-refractivity contribution in [1.29, 1.82) is 0 Å². The molecule has 2 heterocycles. The van der Waals surface area contributed by atoms with Gasteiger partial charge in [0, 0.05) is 37.2 Å². The number of para-hydroxylation sites is 2. The number of aryl methyl sites for hydroxylation is 1. The Labute approximate surface area is 185 Å². The van der Waals surface area contributed by atoms with Gasteiger partial charge in [0.25, 0.3) is 0 Å². The summed E-state index contributed by atoms with van der Waals surface area (Å²) >= 11 is 0. The molecular weight excluding hydrogens is 386 g/mol. The average molecular weight is 420 g/mol. The summed E-state index contributed by atoms with van der Waals surface area (Å²) in [6.45, 7) is 3.87. The summed E-state index contributed by atoms with van der Waals surface area (Å²) < 4.78 is 7.71. The van der Waals surface area contributed by atoms with Gasteiger partial charge in [0.05, 0.1) is 18.1 Å². The number of hydrogen-bond acceptors (Lipinski definition) is 3. The lowest BCUT2D eigenvalue weighted by molar-refractivity contribution is -0.117. The average Bonchev–Trinajstić information content (AvgIpc) is 3.36. The van der Waals surface area contributed by atoms with Crippen molar-refractivity contribution in [1.82, 2.24) is 9.55 Å². The number of anilines is 1. The Balaban J connectivity index is 1.54. The van der Waals surface area contributed by atoms with E-state index >= 15 is 0 Å². The van der Waals surface area contributed by atoms with E-state index in [1.807, 2.05) is 35.2 Å². The Kier molecular flexibility index (Phi) is 6.90. The molecule has 1 aromatic heterocycles. The normalized spacial score (nSPS) is 16.4. The van der Waals surface area contributed by atoms with Gasteiger partial charge in [-0.25, -0.2) is 4.98 Å². The second-order valence-electron chi connectivity index (χ2n) is 8.48. The highest BCUT2D eigenvalue weighted by atomic mass is 16.5. The number of rotatable bonds is 10. The maximum atomic E-state index is 12.9. The number of carbonyl (C=O) groups is 1. The molecule has 0 aliphatic carbocycles. The zero-order valence-corrected chi connectivity index (χ0v) is 18.7. The van der Waals surface area contributed by atoms with Gasteiger partial charge < -0.3 is 14.2 Å². The van der Waals surface area contributed by atoms with E-state index in [1.54, 1.807) is 7.11 Å². The molecule has 3 aromatic rings. The first-order valence-electron chi connectivity index (χ1n) is 11.6. The standard InChI is InChI=1S/C26H33N3O2/c1-3-4-5-6-7-10-16-28-24-15-9-8-14-23(24)27-26(28)20-17-25(30)29(19-20)21-12-11-13-22(18-21)31-2/h8-9,11-15,18,20H,3-7,10,16-17,19H2,1-2H3. The number of nitrogens with zero attached hydrogens (tertiary/aromatic N) is 3. The smallest absolute Gasteiger partial charge is 0.227 e. The summed E-state index contributed by atoms with van der Waals surface area (Å²) in [4.78, 5) is 19.7. The number of imidazole rings is 1. The van der Waals surface area contributed by atoms with Crippen LogP contribution in [-0.2, 0) is 11.3 Å². The van der Waals surface area contributed by atoms with E-state index in [0.717, 1.165) is 35.7 Å². The zero-order chi connectivity index (χ0) is 21.6. The Morgan fingerprint density at radius 2 is 1.84 bits per heavy atom. The third-order valence-corrected chi connectivity index (χ3v) is 6.27. The topological polar surface area (TPSA) is 47.4 Å². The molecule has 2 aromatic carbocycles. The molecule has 31 heavy (non-hydrogen) atoms. The molecule has 4 rings (SSSR count). The minimum Gasteiger partial charge on any atom is -0.497 e. The summed E-state index contributed by atoms with van der Waals surface area (Å²) in [5.74, 6) is 2.07. The van der Waals surface area contributed by atoms with E-state index in [9.17, 15) is 4.79 Å². The van der Waals surface area contributed by atoms with Crippen LogP contribution in [0.15, 0.2) is 48.5 Å². The van der Waals surface area contributed by atoms with Crippen LogP contribution in [0.1, 0.15) is 63.6 Å². The number of fused-ring (bicyclic) bond motifs is 1. The van der Waals surface area contributed by atoms with Crippen molar-refractivity contribution in [2.75, 3.05) is 18.6 Å². The molecule has 1 aliphatic rings. The van der Waals surface area contributed by atoms with Gasteiger partial charge in [0.1, 0.15) is 11.6 Å². The number of amides is 1. The second kappa shape index (κ2) is 9.99. The van der Waals surface area contributed by atoms with Gasteiger partial charge in [0.2, 0.25) is 5.91 Å². The molecule has 0 spiro atoms. The molecule has 1 saturated heterocycles. The first kappa shape index (κ1) is 21.4. The number of ether oxygens (including phenoxy) is 1. The van der Waals surface area contributed by atoms with E-state index in [2.05, 4.69) is 29.7 Å². The van der Waals surface area contributed by atoms with E-state index < -0.39 is 0 Å². The van der Waals surface area contributed by atoms with Crippen molar-refractivity contribution in [3.05, 3.63) is 54.4 Å². The molecule has 5 heteroatoms. The van der Waals surface area contributed by atoms with Gasteiger partial charge in [-0.3, -0.25) is 4.79 Å². The largest absolute Gasteiger partial charge is 0.497 e. The Hall–Kier alpha value is -2.82. The Bertz CT molecular complexity index is 1030. The molecule has 164 valence electrons. The van der Waals surface area contributed by atoms with E-state index in [-0.39, 0.29) is 11.8 Å². The zero-order valence-electron chi connectivity index (χ0n) is 18.7. The lowest BCUT2D eigenvalue weighted by atomic mass is 10.1. The lowest BCUT2D eigenvalue weighted by Gasteiger charge is -2.18. The number of unbranched alkanes of at least 4 members (excludes halogenated alkanes) is 5. The number of methoxy groups -OCH3 is 1. The predicted molar refractivity (Wildman–Crippen MR) is 126 cm³/mol. The number of aromatic nitrogens is 2. The third kappa shape index (κ3) is 4.76. The molecular formula is C26H33N3O2. The lowest BCUT2D eigenvalue weighted by Crippen LogP contribution is -2.24. The predicted octanol–water partition coefficient (Wildman–Crippen LogP) is 5.93. The molecule has 1 aliphatic heterocycles. The summed E-state index contributed by atoms with van der Waals surface area (Å²) in [5.41, 5.74) is 3.10. The van der Waals surface area contributed by atoms with Crippen molar-refractivity contribution >= 4 is 22.6 Å². The first-order valence-corrected chi connectivity index (χ1v) is 11.6. The number of hydrogen-bond donors (Lipinski definition) is 0. The van der Waals surface area contributed by atoms with Crippen LogP contribution in [0.2, 0.25) is 0 Å². The second-order valence-corrected chi connectivity index (χ2v) is 8.48. The van der Waals surface area contributed by atoms with Crippen molar-refractivity contribution in [2.45, 2.75) is 64.3 Å². The summed E-state index contributed by atoms with van der Waals surface area (Å²) in [6.07, 6.45) is 8.10. The molecule has 0 radical (unpaired) electrons. The fourth-order valence-electron chi connectivity index (χ4n) is 4.60. The molecule has 0 bridgehead atoms. The molecule has 1 unspecified atom stereocenters. The maximum absolute atomic E-state index is 12.9. The molecule has 1 fully saturated rings. The minimum atomic E-state index is 0.103. The van der Waals surface area contributed by atoms with Crippen LogP contribution in [-0.4, -0.2) is 29.1 Å². The van der Waals surface area contributed by atoms with Crippen LogP contribution in [0, 0.1) is 0 Å². The van der Waals surface area contributed by atoms with Crippen LogP contribution < -0.4 is 9.64 Å². The van der Waals surface area contributed by atoms with Gasteiger partial charge >= 0.3 is 0 Å².